The SMILES string of the molecule is CC(=O)C=C(C)NCCCNC(C)=CC(C)=O.CC(=O)C=C(C)NCCCNC(C)=CC(C)=O.CC(=O)C=C(C)NCCCNC(C)=CC(C)=O.CC(=O)C=C(C)NCCCNC(C)=CC(C)=O.[Cu].[Cu].[Cu].[Cu].[K+].[K+].[O-][Cl+]([O-])([O-])[O-].[O-][Cl+]([O-])([O-])[O-]. The van der Waals surface area contributed by atoms with Crippen molar-refractivity contribution in [1.82, 2.24) is 42.5 Å². The zero-order valence-corrected chi connectivity index (χ0v) is 63.1. The quantitative estimate of drug-likeness (QED) is 0.0176. The van der Waals surface area contributed by atoms with Gasteiger partial charge < -0.3 is 42.5 Å². The number of carbonyl (C=O) groups excluding carboxylic acids is 8. The Morgan fingerprint density at radius 2 is 0.310 bits per heavy atom. The summed E-state index contributed by atoms with van der Waals surface area (Å²) >= 11 is 0. The van der Waals surface area contributed by atoms with Crippen molar-refractivity contribution in [2.75, 3.05) is 52.4 Å². The Kier molecular flexibility index (Phi) is 94.3. The van der Waals surface area contributed by atoms with Crippen LogP contribution >= 0.6 is 0 Å². The van der Waals surface area contributed by atoms with E-state index in [-0.39, 0.29) is 217 Å². The summed E-state index contributed by atoms with van der Waals surface area (Å²) in [5, 5.41) is 25.1. The zero-order valence-electron chi connectivity index (χ0n) is 51.6. The van der Waals surface area contributed by atoms with Crippen molar-refractivity contribution >= 4 is 46.3 Å². The van der Waals surface area contributed by atoms with Gasteiger partial charge in [0, 0.05) is 166 Å². The van der Waals surface area contributed by atoms with Crippen LogP contribution in [0.25, 0.3) is 0 Å². The van der Waals surface area contributed by atoms with Crippen LogP contribution < -0.4 is 183 Å². The first-order valence-electron chi connectivity index (χ1n) is 24.3. The van der Waals surface area contributed by atoms with E-state index in [9.17, 15) is 38.4 Å². The molecule has 0 heterocycles. The number of hydrogen-bond acceptors (Lipinski definition) is 24. The average molecular weight is 1480 g/mol. The van der Waals surface area contributed by atoms with Gasteiger partial charge in [-0.05, 0) is 185 Å². The number of carbonyl (C=O) groups is 8. The summed E-state index contributed by atoms with van der Waals surface area (Å²) in [5.41, 5.74) is 7.06. The average Bonchev–Trinajstić information content (AvgIpc) is 3.20. The molecule has 0 bridgehead atoms. The molecule has 0 unspecified atom stereocenters. The van der Waals surface area contributed by atoms with Crippen molar-refractivity contribution in [3.8, 4) is 0 Å². The van der Waals surface area contributed by atoms with Crippen molar-refractivity contribution in [2.45, 2.75) is 136 Å². The van der Waals surface area contributed by atoms with Gasteiger partial charge in [0.05, 0.1) is 0 Å². The second kappa shape index (κ2) is 71.4. The molecule has 0 spiro atoms. The van der Waals surface area contributed by atoms with Crippen molar-refractivity contribution in [3.63, 3.8) is 0 Å². The van der Waals surface area contributed by atoms with Crippen LogP contribution in [0.4, 0.5) is 0 Å². The summed E-state index contributed by atoms with van der Waals surface area (Å²) in [7, 11) is -9.89. The van der Waals surface area contributed by atoms with E-state index in [2.05, 4.69) is 42.5 Å². The van der Waals surface area contributed by atoms with Gasteiger partial charge in [-0.25, -0.2) is 0 Å². The molecule has 84 heavy (non-hydrogen) atoms. The Morgan fingerprint density at radius 3 is 0.369 bits per heavy atom. The summed E-state index contributed by atoms with van der Waals surface area (Å²) in [6.07, 6.45) is 16.3. The van der Waals surface area contributed by atoms with Gasteiger partial charge in [-0.1, -0.05) is 0 Å². The molecule has 32 heteroatoms. The van der Waals surface area contributed by atoms with E-state index in [1.165, 1.54) is 55.4 Å². The standard InChI is InChI=1S/4C13H22N2O2.2ClO4.4Cu.2K/c4*1-10(8-12(3)16)14-6-5-7-15-11(2)9-13(4)17;2*2-1(3,4)5;;;;;;/h4*8-9,14-15H,5-7H2,1-4H3;;;;;;;;/q;;;;2*-3;;;;;2*+1. The fourth-order valence-corrected chi connectivity index (χ4v) is 5.49. The summed E-state index contributed by atoms with van der Waals surface area (Å²) in [6, 6.07) is 0. The molecule has 0 aliphatic rings. The molecule has 0 fully saturated rings. The van der Waals surface area contributed by atoms with Gasteiger partial charge in [0.1, 0.15) is 0 Å². The number of ketones is 8. The molecule has 8 N–H and O–H groups in total. The number of halogens is 2. The third-order valence-electron chi connectivity index (χ3n) is 8.00. The van der Waals surface area contributed by atoms with Gasteiger partial charge in [-0.15, -0.1) is 0 Å². The van der Waals surface area contributed by atoms with E-state index in [1.54, 1.807) is 48.6 Å². The van der Waals surface area contributed by atoms with E-state index >= 15 is 0 Å². The van der Waals surface area contributed by atoms with E-state index in [0.29, 0.717) is 0 Å². The summed E-state index contributed by atoms with van der Waals surface area (Å²) in [6.45, 7) is 33.6. The molecule has 0 rings (SSSR count). The second-order valence-corrected chi connectivity index (χ2v) is 18.6. The van der Waals surface area contributed by atoms with Crippen LogP contribution in [0.1, 0.15) is 136 Å². The van der Waals surface area contributed by atoms with Crippen LogP contribution in [-0.4, -0.2) is 98.6 Å². The van der Waals surface area contributed by atoms with Crippen LogP contribution in [0.3, 0.4) is 0 Å². The van der Waals surface area contributed by atoms with E-state index < -0.39 is 20.5 Å². The van der Waals surface area contributed by atoms with Crippen molar-refractivity contribution in [1.29, 1.82) is 0 Å². The summed E-state index contributed by atoms with van der Waals surface area (Å²) in [4.78, 5) is 86.1. The molecular formula is C52H88Cl2Cu4K2N8O16-4. The minimum atomic E-state index is -4.94. The molecule has 0 amide bonds. The normalized spacial score (nSPS) is 11.7. The first-order chi connectivity index (χ1) is 35.7. The number of allylic oxidation sites excluding steroid dienone is 16. The maximum atomic E-state index is 10.8. The molecule has 496 valence electrons. The fraction of sp³-hybridized carbons (Fsp3) is 0.538. The molecule has 0 aromatic rings. The molecule has 0 saturated heterocycles. The molecule has 0 aliphatic carbocycles. The molecule has 0 aliphatic heterocycles. The van der Waals surface area contributed by atoms with Crippen molar-refractivity contribution in [3.05, 3.63) is 94.2 Å². The van der Waals surface area contributed by atoms with Crippen LogP contribution in [0.5, 0.6) is 0 Å². The van der Waals surface area contributed by atoms with Crippen LogP contribution in [0, 0.1) is 20.5 Å². The minimum absolute atomic E-state index is 0. The Balaban J connectivity index is -0.0000000761. The third kappa shape index (κ3) is 131. The monoisotopic (exact) mass is 1480 g/mol. The van der Waals surface area contributed by atoms with E-state index in [4.69, 9.17) is 37.3 Å². The number of hydrogen-bond donors (Lipinski definition) is 8. The van der Waals surface area contributed by atoms with Gasteiger partial charge in [-0.2, -0.15) is 0 Å². The number of rotatable bonds is 32. The Morgan fingerprint density at radius 1 is 0.238 bits per heavy atom. The Hall–Kier alpha value is -0.709. The summed E-state index contributed by atoms with van der Waals surface area (Å²) in [5.74, 6) is 0.395. The second-order valence-electron chi connectivity index (χ2n) is 17.1. The Labute approximate surface area is 630 Å². The molecule has 4 radical (unpaired) electrons. The fourth-order valence-electron chi connectivity index (χ4n) is 5.49. The molecule has 24 nitrogen and oxygen atoms in total. The molecule has 0 aromatic heterocycles. The predicted octanol–water partition coefficient (Wildman–Crippen LogP) is -9.35. The van der Waals surface area contributed by atoms with E-state index in [1.807, 2.05) is 55.4 Å². The topological polar surface area (TPSA) is 417 Å². The van der Waals surface area contributed by atoms with E-state index in [0.717, 1.165) is 124 Å². The first-order valence-corrected chi connectivity index (χ1v) is 26.8. The summed E-state index contributed by atoms with van der Waals surface area (Å²) < 4.78 is 67.9. The van der Waals surface area contributed by atoms with Gasteiger partial charge in [0.15, 0.2) is 46.3 Å². The van der Waals surface area contributed by atoms with Gasteiger partial charge >= 0.3 is 161 Å². The molecule has 0 atom stereocenters. The van der Waals surface area contributed by atoms with Crippen molar-refractivity contribution < 1.29 is 267 Å². The zero-order chi connectivity index (χ0) is 62.0. The van der Waals surface area contributed by atoms with Gasteiger partial charge in [-0.3, -0.25) is 38.4 Å². The number of nitrogens with one attached hydrogen (secondary N) is 8. The Bertz CT molecular complexity index is 1690. The van der Waals surface area contributed by atoms with Crippen LogP contribution in [0.15, 0.2) is 94.2 Å². The van der Waals surface area contributed by atoms with Gasteiger partial charge in [0.25, 0.3) is 0 Å². The van der Waals surface area contributed by atoms with Gasteiger partial charge in [0.2, 0.25) is 0 Å². The molecular weight excluding hydrogens is 1400 g/mol. The molecule has 0 aromatic carbocycles. The first kappa shape index (κ1) is 111. The molecule has 0 saturated carbocycles. The van der Waals surface area contributed by atoms with Crippen LogP contribution in [0.2, 0.25) is 0 Å². The van der Waals surface area contributed by atoms with Crippen molar-refractivity contribution in [2.24, 2.45) is 0 Å². The third-order valence-corrected chi connectivity index (χ3v) is 8.00. The predicted molar refractivity (Wildman–Crippen MR) is 278 cm³/mol. The maximum absolute atomic E-state index is 10.8. The van der Waals surface area contributed by atoms with Crippen LogP contribution in [-0.2, 0) is 107 Å².